The summed E-state index contributed by atoms with van der Waals surface area (Å²) in [5.74, 6) is -0.674. The lowest BCUT2D eigenvalue weighted by atomic mass is 9.92. The standard InChI is InChI=1S/C31H26FN5O4/c1-31(27-18-33-23-6-2-3-7-24(23)34-27)17-26(36-41-31)19-10-15-22-25(16-19)35-28(8-4-5-9-29(38)39)37(30(22)40)21-13-11-20(32)12-14-21/h2-3,6-7,10-16,18H,4-5,8-9,17H2,1H3,(H,38,39)/p+1. The van der Waals surface area contributed by atoms with Gasteiger partial charge in [0, 0.05) is 24.8 Å². The number of H-pyrrole nitrogens is 1. The second-order valence-corrected chi connectivity index (χ2v) is 10.3. The number of hydrogen-bond donors (Lipinski definition) is 1. The van der Waals surface area contributed by atoms with E-state index >= 15 is 0 Å². The molecule has 3 aromatic carbocycles. The zero-order valence-corrected chi connectivity index (χ0v) is 22.3. The quantitative estimate of drug-likeness (QED) is 0.278. The molecule has 0 saturated carbocycles. The van der Waals surface area contributed by atoms with Gasteiger partial charge in [-0.05, 0) is 68.3 Å². The number of aryl methyl sites for hydroxylation is 1. The molecule has 0 spiro atoms. The maximum absolute atomic E-state index is 13.7. The van der Waals surface area contributed by atoms with Gasteiger partial charge in [-0.25, -0.2) is 19.2 Å². The van der Waals surface area contributed by atoms with Gasteiger partial charge < -0.3 is 9.94 Å². The van der Waals surface area contributed by atoms with Crippen LogP contribution in [0.3, 0.4) is 0 Å². The summed E-state index contributed by atoms with van der Waals surface area (Å²) in [5.41, 5.74) is 3.83. The minimum Gasteiger partial charge on any atom is -0.481 e. The molecule has 0 bridgehead atoms. The number of unbranched alkanes of at least 4 members (excludes halogenated alkanes) is 1. The van der Waals surface area contributed by atoms with E-state index in [0.29, 0.717) is 59.5 Å². The molecular weight excluding hydrogens is 525 g/mol. The molecule has 206 valence electrons. The number of oxime groups is 1. The number of aromatic nitrogens is 4. The van der Waals surface area contributed by atoms with Crippen LogP contribution < -0.4 is 10.5 Å². The monoisotopic (exact) mass is 552 g/mol. The Morgan fingerprint density at radius 2 is 1.88 bits per heavy atom. The summed E-state index contributed by atoms with van der Waals surface area (Å²) in [4.78, 5) is 43.2. The number of para-hydroxylation sites is 2. The average Bonchev–Trinajstić information content (AvgIpc) is 3.39. The highest BCUT2D eigenvalue weighted by atomic mass is 19.1. The number of nitrogens with one attached hydrogen (secondary N) is 1. The molecule has 2 N–H and O–H groups in total. The van der Waals surface area contributed by atoms with Crippen LogP contribution in [0.5, 0.6) is 0 Å². The maximum Gasteiger partial charge on any atom is 0.350 e. The van der Waals surface area contributed by atoms with Gasteiger partial charge in [0.2, 0.25) is 0 Å². The summed E-state index contributed by atoms with van der Waals surface area (Å²) in [5, 5.41) is 13.9. The van der Waals surface area contributed by atoms with Crippen molar-refractivity contribution >= 4 is 33.6 Å². The molecule has 1 aliphatic rings. The molecule has 1 aliphatic heterocycles. The number of carboxylic acids is 1. The number of hydrogen-bond acceptors (Lipinski definition) is 6. The Kier molecular flexibility index (Phi) is 6.74. The Hall–Kier alpha value is -4.99. The van der Waals surface area contributed by atoms with Crippen LogP contribution in [-0.2, 0) is 21.7 Å². The number of nitrogens with zero attached hydrogens (tertiary/aromatic N) is 4. The first-order valence-electron chi connectivity index (χ1n) is 13.4. The normalized spacial score (nSPS) is 16.6. The van der Waals surface area contributed by atoms with Crippen LogP contribution in [0.25, 0.3) is 27.6 Å². The predicted molar refractivity (Wildman–Crippen MR) is 150 cm³/mol. The van der Waals surface area contributed by atoms with Gasteiger partial charge >= 0.3 is 11.5 Å². The number of carboxylic acid groups (broad SMARTS) is 1. The molecule has 0 amide bonds. The fourth-order valence-corrected chi connectivity index (χ4v) is 5.12. The van der Waals surface area contributed by atoms with E-state index in [2.05, 4.69) is 15.1 Å². The minimum absolute atomic E-state index is 0.0404. The van der Waals surface area contributed by atoms with Crippen molar-refractivity contribution in [2.45, 2.75) is 44.6 Å². The Bertz CT molecular complexity index is 1890. The molecule has 0 radical (unpaired) electrons. The summed E-state index contributed by atoms with van der Waals surface area (Å²) in [7, 11) is 0. The van der Waals surface area contributed by atoms with Crippen LogP contribution in [0, 0.1) is 5.82 Å². The third-order valence-corrected chi connectivity index (χ3v) is 7.33. The molecule has 9 nitrogen and oxygen atoms in total. The molecule has 3 heterocycles. The molecule has 0 fully saturated rings. The summed E-state index contributed by atoms with van der Waals surface area (Å²) in [6, 6.07) is 18.8. The second kappa shape index (κ2) is 10.5. The Labute approximate surface area is 234 Å². The molecule has 6 rings (SSSR count). The van der Waals surface area contributed by atoms with Crippen LogP contribution in [0.4, 0.5) is 4.39 Å². The SMILES string of the molecule is CC1(c2cnc3ccccc3n2)CC(c2ccc3c(=O)n(-c4ccc(F)cc4)c(CCCCC(=O)O)[nH+]c3c2)=NO1. The first-order valence-corrected chi connectivity index (χ1v) is 13.4. The number of benzene rings is 3. The first-order chi connectivity index (χ1) is 19.8. The van der Waals surface area contributed by atoms with E-state index in [1.54, 1.807) is 24.4 Å². The molecule has 41 heavy (non-hydrogen) atoms. The van der Waals surface area contributed by atoms with Gasteiger partial charge in [0.05, 0.1) is 22.9 Å². The van der Waals surface area contributed by atoms with E-state index in [9.17, 15) is 14.0 Å². The highest BCUT2D eigenvalue weighted by Crippen LogP contribution is 2.35. The number of halogens is 1. The van der Waals surface area contributed by atoms with Crippen molar-refractivity contribution in [1.82, 2.24) is 14.5 Å². The molecule has 1 atom stereocenters. The van der Waals surface area contributed by atoms with Crippen LogP contribution in [0.2, 0.25) is 0 Å². The van der Waals surface area contributed by atoms with Gasteiger partial charge in [-0.2, -0.15) is 4.57 Å². The van der Waals surface area contributed by atoms with Crippen molar-refractivity contribution in [3.63, 3.8) is 0 Å². The number of carbonyl (C=O) groups is 1. The van der Waals surface area contributed by atoms with Gasteiger partial charge in [0.1, 0.15) is 28.1 Å². The third kappa shape index (κ3) is 5.16. The topological polar surface area (TPSA) is 121 Å². The number of fused-ring (bicyclic) bond motifs is 2. The molecule has 1 unspecified atom stereocenters. The molecule has 2 aromatic heterocycles. The van der Waals surface area contributed by atoms with Crippen molar-refractivity contribution < 1.29 is 24.1 Å². The van der Waals surface area contributed by atoms with Crippen molar-refractivity contribution in [3.8, 4) is 5.69 Å². The maximum atomic E-state index is 13.7. The number of rotatable bonds is 8. The van der Waals surface area contributed by atoms with Crippen molar-refractivity contribution in [2.24, 2.45) is 5.16 Å². The summed E-state index contributed by atoms with van der Waals surface area (Å²) in [6.45, 7) is 1.92. The molecular formula is C31H27FN5O4+. The van der Waals surface area contributed by atoms with E-state index in [4.69, 9.17) is 14.9 Å². The largest absolute Gasteiger partial charge is 0.481 e. The van der Waals surface area contributed by atoms with Crippen LogP contribution in [0.15, 0.2) is 82.9 Å². The first kappa shape index (κ1) is 26.2. The molecule has 0 aliphatic carbocycles. The van der Waals surface area contributed by atoms with Crippen molar-refractivity contribution in [1.29, 1.82) is 0 Å². The molecule has 0 saturated heterocycles. The highest BCUT2D eigenvalue weighted by molar-refractivity contribution is 6.03. The summed E-state index contributed by atoms with van der Waals surface area (Å²) < 4.78 is 15.1. The number of aromatic amines is 1. The van der Waals surface area contributed by atoms with E-state index in [0.717, 1.165) is 16.6 Å². The van der Waals surface area contributed by atoms with E-state index < -0.39 is 17.4 Å². The summed E-state index contributed by atoms with van der Waals surface area (Å²) >= 11 is 0. The Morgan fingerprint density at radius 3 is 2.66 bits per heavy atom. The van der Waals surface area contributed by atoms with Gasteiger partial charge in [0.15, 0.2) is 5.60 Å². The van der Waals surface area contributed by atoms with Crippen LogP contribution in [-0.4, -0.2) is 31.3 Å². The Balaban J connectivity index is 1.34. The van der Waals surface area contributed by atoms with Crippen molar-refractivity contribution in [2.75, 3.05) is 0 Å². The minimum atomic E-state index is -0.866. The second-order valence-electron chi connectivity index (χ2n) is 10.3. The van der Waals surface area contributed by atoms with E-state index in [-0.39, 0.29) is 12.0 Å². The van der Waals surface area contributed by atoms with E-state index in [1.807, 2.05) is 43.3 Å². The number of aliphatic carboxylic acids is 1. The fraction of sp³-hybridized carbons (Fsp3) is 0.226. The summed E-state index contributed by atoms with van der Waals surface area (Å²) in [6.07, 6.45) is 3.66. The Morgan fingerprint density at radius 1 is 1.10 bits per heavy atom. The van der Waals surface area contributed by atoms with Crippen LogP contribution in [0.1, 0.15) is 49.7 Å². The highest BCUT2D eigenvalue weighted by Gasteiger charge is 2.39. The third-order valence-electron chi connectivity index (χ3n) is 7.33. The van der Waals surface area contributed by atoms with Gasteiger partial charge in [0.25, 0.3) is 5.82 Å². The molecule has 10 heteroatoms. The van der Waals surface area contributed by atoms with Gasteiger partial charge in [-0.1, -0.05) is 23.4 Å². The zero-order chi connectivity index (χ0) is 28.6. The van der Waals surface area contributed by atoms with Crippen molar-refractivity contribution in [3.05, 3.63) is 106 Å². The molecule has 5 aromatic rings. The van der Waals surface area contributed by atoms with E-state index in [1.165, 1.54) is 16.7 Å². The zero-order valence-electron chi connectivity index (χ0n) is 22.3. The average molecular weight is 553 g/mol. The fourth-order valence-electron chi connectivity index (χ4n) is 5.12. The van der Waals surface area contributed by atoms with Gasteiger partial charge in [-0.3, -0.25) is 9.78 Å². The van der Waals surface area contributed by atoms with Crippen LogP contribution >= 0.6 is 0 Å². The smallest absolute Gasteiger partial charge is 0.350 e. The van der Waals surface area contributed by atoms with Gasteiger partial charge in [-0.15, -0.1) is 0 Å². The predicted octanol–water partition coefficient (Wildman–Crippen LogP) is 4.72. The lowest BCUT2D eigenvalue weighted by Crippen LogP contribution is -2.32. The lowest BCUT2D eigenvalue weighted by molar-refractivity contribution is -0.365. The lowest BCUT2D eigenvalue weighted by Gasteiger charge is -2.20.